The van der Waals surface area contributed by atoms with Gasteiger partial charge in [0.25, 0.3) is 0 Å². The zero-order valence-electron chi connectivity index (χ0n) is 13.7. The van der Waals surface area contributed by atoms with Crippen LogP contribution in [0.2, 0.25) is 0 Å². The monoisotopic (exact) mass is 339 g/mol. The summed E-state index contributed by atoms with van der Waals surface area (Å²) in [6.07, 6.45) is 0. The maximum absolute atomic E-state index is 5.80. The van der Waals surface area contributed by atoms with Crippen LogP contribution < -0.4 is 5.73 Å². The molecule has 2 N–H and O–H groups in total. The highest BCUT2D eigenvalue weighted by atomic mass is 32.1. The molecular weight excluding hydrogens is 318 g/mol. The number of hydrogen-bond acceptors (Lipinski definition) is 5. The third-order valence-electron chi connectivity index (χ3n) is 4.72. The average Bonchev–Trinajstić information content (AvgIpc) is 3.01. The predicted octanol–water partition coefficient (Wildman–Crippen LogP) is 3.94. The van der Waals surface area contributed by atoms with Gasteiger partial charge in [0.05, 0.1) is 23.4 Å². The maximum Gasteiger partial charge on any atom is 0.181 e. The second kappa shape index (κ2) is 6.51. The minimum absolute atomic E-state index is 0.420. The van der Waals surface area contributed by atoms with Gasteiger partial charge in [-0.15, -0.1) is 0 Å². The normalized spacial score (nSPS) is 17.2. The quantitative estimate of drug-likeness (QED) is 0.785. The number of ether oxygens (including phenoxy) is 1. The highest BCUT2D eigenvalue weighted by Gasteiger charge is 2.18. The number of benzene rings is 2. The topological polar surface area (TPSA) is 51.4 Å². The van der Waals surface area contributed by atoms with E-state index in [0.717, 1.165) is 36.5 Å². The number of fused-ring (bicyclic) bond motifs is 1. The van der Waals surface area contributed by atoms with Crippen molar-refractivity contribution in [3.63, 3.8) is 0 Å². The lowest BCUT2D eigenvalue weighted by Crippen LogP contribution is -2.37. The summed E-state index contributed by atoms with van der Waals surface area (Å²) >= 11 is 1.53. The fourth-order valence-corrected chi connectivity index (χ4v) is 3.97. The van der Waals surface area contributed by atoms with Gasteiger partial charge in [0.1, 0.15) is 0 Å². The van der Waals surface area contributed by atoms with Gasteiger partial charge in [-0.3, -0.25) is 4.90 Å². The van der Waals surface area contributed by atoms with E-state index in [1.54, 1.807) is 0 Å². The Morgan fingerprint density at radius 3 is 2.54 bits per heavy atom. The number of hydrogen-bond donors (Lipinski definition) is 1. The number of thiazole rings is 1. The Morgan fingerprint density at radius 1 is 1.08 bits per heavy atom. The van der Waals surface area contributed by atoms with Crippen LogP contribution in [0.25, 0.3) is 21.3 Å². The summed E-state index contributed by atoms with van der Waals surface area (Å²) in [5.41, 5.74) is 10.5. The zero-order chi connectivity index (χ0) is 16.5. The van der Waals surface area contributed by atoms with Gasteiger partial charge >= 0.3 is 0 Å². The molecule has 24 heavy (non-hydrogen) atoms. The van der Waals surface area contributed by atoms with E-state index in [0.29, 0.717) is 11.2 Å². The Labute approximate surface area is 145 Å². The molecule has 1 aliphatic heterocycles. The lowest BCUT2D eigenvalue weighted by atomic mass is 10.0. The molecule has 2 heterocycles. The molecule has 1 saturated heterocycles. The van der Waals surface area contributed by atoms with E-state index < -0.39 is 0 Å². The third-order valence-corrected chi connectivity index (χ3v) is 5.59. The van der Waals surface area contributed by atoms with Crippen LogP contribution in [0.5, 0.6) is 0 Å². The van der Waals surface area contributed by atoms with E-state index in [9.17, 15) is 0 Å². The highest BCUT2D eigenvalue weighted by molar-refractivity contribution is 7.22. The van der Waals surface area contributed by atoms with Crippen molar-refractivity contribution in [2.24, 2.45) is 0 Å². The molecule has 0 spiro atoms. The van der Waals surface area contributed by atoms with Crippen molar-refractivity contribution >= 4 is 26.7 Å². The molecule has 2 aromatic carbocycles. The summed E-state index contributed by atoms with van der Waals surface area (Å²) in [6, 6.07) is 15.6. The molecule has 124 valence electrons. The van der Waals surface area contributed by atoms with Gasteiger partial charge in [-0.1, -0.05) is 41.7 Å². The number of anilines is 1. The number of nitrogens with zero attached hydrogens (tertiary/aromatic N) is 2. The summed E-state index contributed by atoms with van der Waals surface area (Å²) < 4.78 is 6.58. The van der Waals surface area contributed by atoms with E-state index >= 15 is 0 Å². The lowest BCUT2D eigenvalue weighted by Gasteiger charge is -2.32. The number of morpholine rings is 1. The molecule has 0 saturated carbocycles. The Balaban J connectivity index is 1.57. The van der Waals surface area contributed by atoms with E-state index in [1.165, 1.54) is 28.0 Å². The van der Waals surface area contributed by atoms with Crippen LogP contribution in [0.15, 0.2) is 42.5 Å². The minimum atomic E-state index is 0.420. The third kappa shape index (κ3) is 3.02. The minimum Gasteiger partial charge on any atom is -0.379 e. The van der Waals surface area contributed by atoms with Crippen LogP contribution >= 0.6 is 11.3 Å². The van der Waals surface area contributed by atoms with Gasteiger partial charge in [-0.25, -0.2) is 4.98 Å². The van der Waals surface area contributed by atoms with E-state index in [4.69, 9.17) is 10.5 Å². The van der Waals surface area contributed by atoms with Gasteiger partial charge < -0.3 is 10.5 Å². The van der Waals surface area contributed by atoms with Crippen molar-refractivity contribution in [2.45, 2.75) is 13.0 Å². The van der Waals surface area contributed by atoms with Crippen LogP contribution in [0.1, 0.15) is 18.5 Å². The van der Waals surface area contributed by atoms with Crippen LogP contribution in [0, 0.1) is 0 Å². The first-order chi connectivity index (χ1) is 11.7. The Bertz CT molecular complexity index is 837. The Kier molecular flexibility index (Phi) is 4.22. The van der Waals surface area contributed by atoms with Crippen LogP contribution in [-0.2, 0) is 4.74 Å². The molecule has 1 atom stereocenters. The molecule has 1 fully saturated rings. The molecular formula is C19H21N3OS. The van der Waals surface area contributed by atoms with E-state index in [-0.39, 0.29) is 0 Å². The molecule has 0 bridgehead atoms. The van der Waals surface area contributed by atoms with E-state index in [2.05, 4.69) is 59.3 Å². The van der Waals surface area contributed by atoms with Crippen molar-refractivity contribution in [1.82, 2.24) is 9.88 Å². The predicted molar refractivity (Wildman–Crippen MR) is 100 cm³/mol. The molecule has 0 unspecified atom stereocenters. The van der Waals surface area contributed by atoms with E-state index in [1.807, 2.05) is 0 Å². The van der Waals surface area contributed by atoms with Crippen molar-refractivity contribution in [1.29, 1.82) is 0 Å². The fourth-order valence-electron chi connectivity index (χ4n) is 3.25. The van der Waals surface area contributed by atoms with Gasteiger partial charge in [0, 0.05) is 19.1 Å². The van der Waals surface area contributed by atoms with Crippen molar-refractivity contribution in [3.05, 3.63) is 48.0 Å². The van der Waals surface area contributed by atoms with Crippen molar-refractivity contribution in [2.75, 3.05) is 32.0 Å². The van der Waals surface area contributed by atoms with Crippen LogP contribution in [0.4, 0.5) is 5.13 Å². The molecule has 0 radical (unpaired) electrons. The SMILES string of the molecule is C[C@@H](c1ccc(-c2ccc3sc(N)nc3c2)cc1)N1CCOCC1. The van der Waals surface area contributed by atoms with Crippen molar-refractivity contribution in [3.8, 4) is 11.1 Å². The summed E-state index contributed by atoms with van der Waals surface area (Å²) in [4.78, 5) is 6.86. The fraction of sp³-hybridized carbons (Fsp3) is 0.316. The average molecular weight is 339 g/mol. The summed E-state index contributed by atoms with van der Waals surface area (Å²) in [5, 5.41) is 0.622. The molecule has 4 rings (SSSR count). The lowest BCUT2D eigenvalue weighted by molar-refractivity contribution is 0.0198. The maximum atomic E-state index is 5.80. The number of nitrogens with two attached hydrogens (primary N) is 1. The molecule has 0 amide bonds. The second-order valence-corrected chi connectivity index (χ2v) is 7.24. The molecule has 4 nitrogen and oxygen atoms in total. The second-order valence-electron chi connectivity index (χ2n) is 6.18. The Morgan fingerprint density at radius 2 is 1.79 bits per heavy atom. The summed E-state index contributed by atoms with van der Waals surface area (Å²) in [6.45, 7) is 5.94. The number of aromatic nitrogens is 1. The smallest absolute Gasteiger partial charge is 0.181 e. The first-order valence-corrected chi connectivity index (χ1v) is 9.10. The standard InChI is InChI=1S/C19H21N3OS/c1-13(22-8-10-23-11-9-22)14-2-4-15(5-3-14)16-6-7-18-17(12-16)21-19(20)24-18/h2-7,12-13H,8-11H2,1H3,(H2,20,21)/t13-/m0/s1. The number of nitrogen functional groups attached to an aromatic ring is 1. The largest absolute Gasteiger partial charge is 0.379 e. The van der Waals surface area contributed by atoms with Gasteiger partial charge in [0.2, 0.25) is 0 Å². The zero-order valence-corrected chi connectivity index (χ0v) is 14.6. The molecule has 1 aliphatic rings. The van der Waals surface area contributed by atoms with Crippen molar-refractivity contribution < 1.29 is 4.74 Å². The highest BCUT2D eigenvalue weighted by Crippen LogP contribution is 2.30. The molecule has 0 aliphatic carbocycles. The molecule has 1 aromatic heterocycles. The van der Waals surface area contributed by atoms with Gasteiger partial charge in [0.15, 0.2) is 5.13 Å². The number of rotatable bonds is 3. The molecule has 3 aromatic rings. The van der Waals surface area contributed by atoms with Gasteiger partial charge in [-0.05, 0) is 35.7 Å². The molecule has 5 heteroatoms. The first-order valence-electron chi connectivity index (χ1n) is 8.29. The first kappa shape index (κ1) is 15.6. The van der Waals surface area contributed by atoms with Gasteiger partial charge in [-0.2, -0.15) is 0 Å². The van der Waals surface area contributed by atoms with Crippen LogP contribution in [0.3, 0.4) is 0 Å². The summed E-state index contributed by atoms with van der Waals surface area (Å²) in [5.74, 6) is 0. The van der Waals surface area contributed by atoms with Crippen LogP contribution in [-0.4, -0.2) is 36.2 Å². The Hall–Kier alpha value is -1.95. The summed E-state index contributed by atoms with van der Waals surface area (Å²) in [7, 11) is 0.